The summed E-state index contributed by atoms with van der Waals surface area (Å²) < 4.78 is 5.46. The lowest BCUT2D eigenvalue weighted by Crippen LogP contribution is -2.40. The van der Waals surface area contributed by atoms with Crippen LogP contribution < -0.4 is 10.2 Å². The van der Waals surface area contributed by atoms with Crippen molar-refractivity contribution in [2.75, 3.05) is 18.0 Å². The number of aromatic nitrogens is 3. The van der Waals surface area contributed by atoms with Crippen LogP contribution in [0.2, 0.25) is 5.02 Å². The first-order valence-corrected chi connectivity index (χ1v) is 12.5. The van der Waals surface area contributed by atoms with Crippen LogP contribution in [0.25, 0.3) is 33.5 Å². The van der Waals surface area contributed by atoms with Crippen LogP contribution in [0.1, 0.15) is 32.8 Å². The maximum atomic E-state index is 12.4. The van der Waals surface area contributed by atoms with Crippen molar-refractivity contribution in [3.8, 4) is 28.6 Å². The minimum Gasteiger partial charge on any atom is -0.444 e. The number of imidazole rings is 1. The number of nitrogens with zero attached hydrogens (tertiary/aromatic N) is 4. The van der Waals surface area contributed by atoms with Crippen LogP contribution in [0.15, 0.2) is 54.9 Å². The van der Waals surface area contributed by atoms with Crippen molar-refractivity contribution in [2.24, 2.45) is 0 Å². The van der Waals surface area contributed by atoms with Crippen molar-refractivity contribution in [1.82, 2.24) is 20.3 Å². The van der Waals surface area contributed by atoms with Gasteiger partial charge < -0.3 is 19.9 Å². The van der Waals surface area contributed by atoms with Gasteiger partial charge in [-0.25, -0.2) is 9.78 Å². The first-order valence-electron chi connectivity index (χ1n) is 12.1. The van der Waals surface area contributed by atoms with E-state index in [1.165, 1.54) is 0 Å². The van der Waals surface area contributed by atoms with Gasteiger partial charge >= 0.3 is 6.09 Å². The number of hydrogen-bond acceptors (Lipinski definition) is 6. The quantitative estimate of drug-likeness (QED) is 0.350. The number of carbonyl (C=O) groups excluding carboxylic acids is 1. The molecule has 37 heavy (non-hydrogen) atoms. The van der Waals surface area contributed by atoms with E-state index in [0.29, 0.717) is 29.5 Å². The molecule has 1 saturated heterocycles. The molecule has 9 heteroatoms. The molecular weight excluding hydrogens is 488 g/mol. The minimum atomic E-state index is -0.567. The molecule has 2 aromatic heterocycles. The molecule has 0 bridgehead atoms. The summed E-state index contributed by atoms with van der Waals surface area (Å²) in [4.78, 5) is 27.3. The summed E-state index contributed by atoms with van der Waals surface area (Å²) in [5, 5.41) is 13.1. The second kappa shape index (κ2) is 9.75. The molecule has 0 aliphatic carbocycles. The molecular formula is C28H27ClN6O2. The number of hydrogen-bond donors (Lipinski definition) is 2. The molecule has 1 fully saturated rings. The normalized spacial score (nSPS) is 15.5. The Morgan fingerprint density at radius 3 is 2.76 bits per heavy atom. The summed E-state index contributed by atoms with van der Waals surface area (Å²) in [5.74, 6) is 0.646. The molecule has 0 saturated carbocycles. The summed E-state index contributed by atoms with van der Waals surface area (Å²) in [6.45, 7) is 6.83. The molecule has 1 amide bonds. The van der Waals surface area contributed by atoms with Crippen LogP contribution in [0, 0.1) is 11.3 Å². The summed E-state index contributed by atoms with van der Waals surface area (Å²) in [7, 11) is 0. The van der Waals surface area contributed by atoms with Gasteiger partial charge in [0.05, 0.1) is 45.0 Å². The lowest BCUT2D eigenvalue weighted by Gasteiger charge is -2.25. The van der Waals surface area contributed by atoms with Crippen molar-refractivity contribution >= 4 is 34.4 Å². The predicted molar refractivity (Wildman–Crippen MR) is 144 cm³/mol. The maximum Gasteiger partial charge on any atom is 0.407 e. The molecule has 2 N–H and O–H groups in total. The number of halogens is 1. The molecule has 2 aromatic carbocycles. The molecule has 0 unspecified atom stereocenters. The Hall–Kier alpha value is -4.09. The summed E-state index contributed by atoms with van der Waals surface area (Å²) in [6.07, 6.45) is 3.92. The number of fused-ring (bicyclic) bond motifs is 1. The van der Waals surface area contributed by atoms with Crippen LogP contribution >= 0.6 is 11.6 Å². The molecule has 1 aliphatic heterocycles. The van der Waals surface area contributed by atoms with Gasteiger partial charge in [-0.05, 0) is 57.0 Å². The van der Waals surface area contributed by atoms with Gasteiger partial charge in [0, 0.05) is 31.0 Å². The number of nitrogens with one attached hydrogen (secondary N) is 2. The Labute approximate surface area is 220 Å². The third-order valence-electron chi connectivity index (χ3n) is 6.17. The zero-order valence-electron chi connectivity index (χ0n) is 20.9. The van der Waals surface area contributed by atoms with Crippen molar-refractivity contribution in [3.63, 3.8) is 0 Å². The number of anilines is 1. The van der Waals surface area contributed by atoms with Gasteiger partial charge in [0.15, 0.2) is 0 Å². The SMILES string of the molecule is CC(C)(C)OC(=O)N[C@H]1CCN(c2c(-c3cccc(C#N)c3)cncc2-c2nc3cccc(Cl)c3[nH]2)C1. The fourth-order valence-electron chi connectivity index (χ4n) is 4.61. The van der Waals surface area contributed by atoms with Crippen molar-refractivity contribution in [2.45, 2.75) is 38.8 Å². The number of alkyl carbamates (subject to hydrolysis) is 1. The molecule has 1 aliphatic rings. The van der Waals surface area contributed by atoms with E-state index in [0.717, 1.165) is 39.8 Å². The second-order valence-electron chi connectivity index (χ2n) is 10.1. The summed E-state index contributed by atoms with van der Waals surface area (Å²) >= 11 is 6.42. The van der Waals surface area contributed by atoms with Gasteiger partial charge in [-0.15, -0.1) is 0 Å². The van der Waals surface area contributed by atoms with Crippen molar-refractivity contribution in [3.05, 3.63) is 65.4 Å². The molecule has 0 radical (unpaired) electrons. The van der Waals surface area contributed by atoms with Gasteiger partial charge in [-0.2, -0.15) is 5.26 Å². The maximum absolute atomic E-state index is 12.4. The molecule has 4 aromatic rings. The number of nitriles is 1. The summed E-state index contributed by atoms with van der Waals surface area (Å²) in [5.41, 5.74) is 5.00. The number of ether oxygens (including phenoxy) is 1. The van der Waals surface area contributed by atoms with Crippen LogP contribution in [-0.2, 0) is 4.74 Å². The first kappa shape index (κ1) is 24.6. The average Bonchev–Trinajstić information content (AvgIpc) is 3.50. The molecule has 1 atom stereocenters. The fraction of sp³-hybridized carbons (Fsp3) is 0.286. The van der Waals surface area contributed by atoms with E-state index >= 15 is 0 Å². The van der Waals surface area contributed by atoms with Crippen LogP contribution in [0.5, 0.6) is 0 Å². The number of H-pyrrole nitrogens is 1. The third-order valence-corrected chi connectivity index (χ3v) is 6.48. The standard InChI is InChI=1S/C28H27ClN6O2/c1-28(2,3)37-27(36)32-19-10-11-35(16-19)25-20(18-7-4-6-17(12-18)13-30)14-31-15-21(25)26-33-23-9-5-8-22(29)24(23)34-26/h4-9,12,14-15,19H,10-11,16H2,1-3H3,(H,32,36)(H,33,34)/t19-/m0/s1. The monoisotopic (exact) mass is 514 g/mol. The number of benzene rings is 2. The van der Waals surface area contributed by atoms with E-state index < -0.39 is 11.7 Å². The van der Waals surface area contributed by atoms with Gasteiger partial charge in [0.2, 0.25) is 0 Å². The highest BCUT2D eigenvalue weighted by atomic mass is 35.5. The zero-order chi connectivity index (χ0) is 26.2. The molecule has 0 spiro atoms. The fourth-order valence-corrected chi connectivity index (χ4v) is 4.83. The number of aromatic amines is 1. The Morgan fingerprint density at radius 2 is 2.00 bits per heavy atom. The molecule has 3 heterocycles. The van der Waals surface area contributed by atoms with Gasteiger partial charge in [0.1, 0.15) is 11.4 Å². The topological polar surface area (TPSA) is 107 Å². The minimum absolute atomic E-state index is 0.0840. The van der Waals surface area contributed by atoms with E-state index in [-0.39, 0.29) is 6.04 Å². The highest BCUT2D eigenvalue weighted by Gasteiger charge is 2.30. The number of amides is 1. The number of rotatable bonds is 4. The van der Waals surface area contributed by atoms with Gasteiger partial charge in [-0.3, -0.25) is 4.98 Å². The van der Waals surface area contributed by atoms with E-state index in [9.17, 15) is 10.1 Å². The van der Waals surface area contributed by atoms with Crippen LogP contribution in [0.4, 0.5) is 10.5 Å². The molecule has 5 rings (SSSR count). The Balaban J connectivity index is 1.57. The van der Waals surface area contributed by atoms with Gasteiger partial charge in [-0.1, -0.05) is 29.8 Å². The second-order valence-corrected chi connectivity index (χ2v) is 10.5. The van der Waals surface area contributed by atoms with E-state index in [4.69, 9.17) is 21.3 Å². The van der Waals surface area contributed by atoms with Crippen molar-refractivity contribution in [1.29, 1.82) is 5.26 Å². The smallest absolute Gasteiger partial charge is 0.407 e. The highest BCUT2D eigenvalue weighted by molar-refractivity contribution is 6.35. The van der Waals surface area contributed by atoms with Gasteiger partial charge in [0.25, 0.3) is 0 Å². The molecule has 188 valence electrons. The first-order chi connectivity index (χ1) is 17.7. The Bertz CT molecular complexity index is 1520. The highest BCUT2D eigenvalue weighted by Crippen LogP contribution is 2.40. The van der Waals surface area contributed by atoms with E-state index in [1.54, 1.807) is 18.5 Å². The summed E-state index contributed by atoms with van der Waals surface area (Å²) in [6, 6.07) is 15.2. The van der Waals surface area contributed by atoms with Crippen LogP contribution in [0.3, 0.4) is 0 Å². The van der Waals surface area contributed by atoms with Crippen molar-refractivity contribution < 1.29 is 9.53 Å². The zero-order valence-corrected chi connectivity index (χ0v) is 21.6. The Kier molecular flexibility index (Phi) is 6.48. The Morgan fingerprint density at radius 1 is 1.22 bits per heavy atom. The third kappa shape index (κ3) is 5.23. The predicted octanol–water partition coefficient (Wildman–Crippen LogP) is 5.92. The van der Waals surface area contributed by atoms with E-state index in [2.05, 4.69) is 26.3 Å². The number of para-hydroxylation sites is 1. The lowest BCUT2D eigenvalue weighted by molar-refractivity contribution is 0.0509. The largest absolute Gasteiger partial charge is 0.444 e. The van der Waals surface area contributed by atoms with Crippen LogP contribution in [-0.4, -0.2) is 45.8 Å². The average molecular weight is 515 g/mol. The lowest BCUT2D eigenvalue weighted by atomic mass is 10.00. The van der Waals surface area contributed by atoms with E-state index in [1.807, 2.05) is 57.2 Å². The number of pyridine rings is 1. The molecule has 8 nitrogen and oxygen atoms in total. The number of carbonyl (C=O) groups is 1.